The van der Waals surface area contributed by atoms with Crippen molar-refractivity contribution in [1.29, 1.82) is 0 Å². The first-order valence-corrected chi connectivity index (χ1v) is 7.80. The topological polar surface area (TPSA) is 86.9 Å². The minimum absolute atomic E-state index is 0.226. The number of aromatic amines is 1. The number of rotatable bonds is 5. The zero-order valence-corrected chi connectivity index (χ0v) is 13.1. The molecule has 0 saturated carbocycles. The minimum Gasteiger partial charge on any atom is -0.342 e. The number of nitrogens with zero attached hydrogens (tertiary/aromatic N) is 1. The number of aromatic nitrogens is 2. The number of amides is 2. The fourth-order valence-electron chi connectivity index (χ4n) is 2.39. The average Bonchev–Trinajstić information content (AvgIpc) is 3.03. The second-order valence-corrected chi connectivity index (χ2v) is 5.42. The van der Waals surface area contributed by atoms with E-state index in [2.05, 4.69) is 20.8 Å². The molecule has 2 amide bonds. The van der Waals surface area contributed by atoms with Crippen molar-refractivity contribution < 1.29 is 9.59 Å². The van der Waals surface area contributed by atoms with Gasteiger partial charge in [-0.2, -0.15) is 0 Å². The molecule has 0 spiro atoms. The molecule has 24 heavy (non-hydrogen) atoms. The Bertz CT molecular complexity index is 809. The Kier molecular flexibility index (Phi) is 4.86. The van der Waals surface area contributed by atoms with Crippen molar-refractivity contribution in [2.24, 2.45) is 0 Å². The molecule has 1 heterocycles. The Morgan fingerprint density at radius 1 is 0.958 bits per heavy atom. The van der Waals surface area contributed by atoms with Gasteiger partial charge in [-0.15, -0.1) is 0 Å². The van der Waals surface area contributed by atoms with E-state index in [4.69, 9.17) is 0 Å². The van der Waals surface area contributed by atoms with Crippen LogP contribution in [0, 0.1) is 0 Å². The molecule has 0 aliphatic carbocycles. The molecule has 0 unspecified atom stereocenters. The van der Waals surface area contributed by atoms with Crippen LogP contribution in [0.4, 0.5) is 0 Å². The van der Waals surface area contributed by atoms with E-state index >= 15 is 0 Å². The number of fused-ring (bicyclic) bond motifs is 1. The van der Waals surface area contributed by atoms with Gasteiger partial charge in [0, 0.05) is 18.4 Å². The van der Waals surface area contributed by atoms with E-state index in [-0.39, 0.29) is 11.8 Å². The predicted molar refractivity (Wildman–Crippen MR) is 91.1 cm³/mol. The normalized spacial score (nSPS) is 10.5. The quantitative estimate of drug-likeness (QED) is 0.630. The Hall–Kier alpha value is -3.15. The number of H-pyrrole nitrogens is 1. The number of nitrogens with one attached hydrogen (secondary N) is 3. The van der Waals surface area contributed by atoms with Crippen LogP contribution in [0.5, 0.6) is 0 Å². The molecule has 0 bridgehead atoms. The summed E-state index contributed by atoms with van der Waals surface area (Å²) in [6.45, 7) is 0. The van der Waals surface area contributed by atoms with Gasteiger partial charge in [0.1, 0.15) is 5.82 Å². The van der Waals surface area contributed by atoms with Gasteiger partial charge >= 0.3 is 0 Å². The number of hydrazine groups is 1. The van der Waals surface area contributed by atoms with Crippen LogP contribution in [0.15, 0.2) is 54.6 Å². The summed E-state index contributed by atoms with van der Waals surface area (Å²) in [5.41, 5.74) is 7.25. The van der Waals surface area contributed by atoms with Gasteiger partial charge in [0.25, 0.3) is 5.91 Å². The van der Waals surface area contributed by atoms with Crippen LogP contribution < -0.4 is 10.9 Å². The lowest BCUT2D eigenvalue weighted by atomic mass is 10.2. The number of imidazole rings is 1. The fraction of sp³-hybridized carbons (Fsp3) is 0.167. The molecule has 0 saturated heterocycles. The molecule has 6 heteroatoms. The van der Waals surface area contributed by atoms with Gasteiger partial charge in [0.05, 0.1) is 11.0 Å². The monoisotopic (exact) mass is 322 g/mol. The standard InChI is InChI=1S/C18H18N4O2/c23-17(21-22-18(24)13-7-2-1-3-8-13)12-6-11-16-19-14-9-4-5-10-15(14)20-16/h1-5,7-10H,6,11-12H2,(H,19,20)(H,21,23)(H,22,24). The summed E-state index contributed by atoms with van der Waals surface area (Å²) in [5.74, 6) is 0.300. The summed E-state index contributed by atoms with van der Waals surface area (Å²) in [5, 5.41) is 0. The molecule has 122 valence electrons. The molecule has 0 radical (unpaired) electrons. The third kappa shape index (κ3) is 3.98. The molecule has 6 nitrogen and oxygen atoms in total. The molecule has 0 atom stereocenters. The molecule has 3 N–H and O–H groups in total. The highest BCUT2D eigenvalue weighted by Crippen LogP contribution is 2.11. The van der Waals surface area contributed by atoms with Crippen LogP contribution in [0.3, 0.4) is 0 Å². The Labute approximate surface area is 139 Å². The fourth-order valence-corrected chi connectivity index (χ4v) is 2.39. The minimum atomic E-state index is -0.332. The smallest absolute Gasteiger partial charge is 0.269 e. The number of carbonyl (C=O) groups is 2. The lowest BCUT2D eigenvalue weighted by molar-refractivity contribution is -0.121. The SMILES string of the molecule is O=C(CCCc1nc2ccccc2[nH]1)NNC(=O)c1ccccc1. The highest BCUT2D eigenvalue weighted by molar-refractivity contribution is 5.95. The van der Waals surface area contributed by atoms with E-state index in [0.717, 1.165) is 16.9 Å². The lowest BCUT2D eigenvalue weighted by Gasteiger charge is -2.06. The maximum Gasteiger partial charge on any atom is 0.269 e. The highest BCUT2D eigenvalue weighted by atomic mass is 16.2. The zero-order chi connectivity index (χ0) is 16.8. The predicted octanol–water partition coefficient (Wildman–Crippen LogP) is 2.35. The summed E-state index contributed by atoms with van der Waals surface area (Å²) in [6, 6.07) is 16.5. The molecular formula is C18H18N4O2. The van der Waals surface area contributed by atoms with Crippen molar-refractivity contribution in [3.63, 3.8) is 0 Å². The van der Waals surface area contributed by atoms with E-state index < -0.39 is 0 Å². The summed E-state index contributed by atoms with van der Waals surface area (Å²) in [4.78, 5) is 31.3. The van der Waals surface area contributed by atoms with Gasteiger partial charge in [-0.25, -0.2) is 4.98 Å². The highest BCUT2D eigenvalue weighted by Gasteiger charge is 2.07. The Balaban J connectivity index is 1.42. The van der Waals surface area contributed by atoms with Gasteiger partial charge in [0.2, 0.25) is 5.91 Å². The van der Waals surface area contributed by atoms with Gasteiger partial charge in [0.15, 0.2) is 0 Å². The summed E-state index contributed by atoms with van der Waals surface area (Å²) in [6.07, 6.45) is 1.63. The van der Waals surface area contributed by atoms with Gasteiger partial charge in [-0.1, -0.05) is 30.3 Å². The maximum absolute atomic E-state index is 11.8. The van der Waals surface area contributed by atoms with Crippen molar-refractivity contribution in [3.8, 4) is 0 Å². The average molecular weight is 322 g/mol. The van der Waals surface area contributed by atoms with Gasteiger partial charge < -0.3 is 4.98 Å². The summed E-state index contributed by atoms with van der Waals surface area (Å²) in [7, 11) is 0. The molecular weight excluding hydrogens is 304 g/mol. The van der Waals surface area contributed by atoms with E-state index in [9.17, 15) is 9.59 Å². The van der Waals surface area contributed by atoms with Crippen LogP contribution in [0.2, 0.25) is 0 Å². The second kappa shape index (κ2) is 7.41. The van der Waals surface area contributed by atoms with Crippen LogP contribution in [-0.2, 0) is 11.2 Å². The molecule has 2 aromatic carbocycles. The van der Waals surface area contributed by atoms with Crippen molar-refractivity contribution in [2.45, 2.75) is 19.3 Å². The number of carbonyl (C=O) groups excluding carboxylic acids is 2. The van der Waals surface area contributed by atoms with E-state index in [1.165, 1.54) is 0 Å². The van der Waals surface area contributed by atoms with Crippen LogP contribution in [0.25, 0.3) is 11.0 Å². The number of hydrogen-bond donors (Lipinski definition) is 3. The number of para-hydroxylation sites is 2. The number of hydrogen-bond acceptors (Lipinski definition) is 3. The number of aryl methyl sites for hydroxylation is 1. The van der Waals surface area contributed by atoms with Crippen molar-refractivity contribution in [2.75, 3.05) is 0 Å². The summed E-state index contributed by atoms with van der Waals surface area (Å²) >= 11 is 0. The first kappa shape index (κ1) is 15.7. The third-order valence-electron chi connectivity index (χ3n) is 3.61. The van der Waals surface area contributed by atoms with Gasteiger partial charge in [-0.3, -0.25) is 20.4 Å². The van der Waals surface area contributed by atoms with Crippen LogP contribution >= 0.6 is 0 Å². The maximum atomic E-state index is 11.8. The van der Waals surface area contributed by atoms with Crippen LogP contribution in [-0.4, -0.2) is 21.8 Å². The molecule has 1 aromatic heterocycles. The molecule has 3 rings (SSSR count). The lowest BCUT2D eigenvalue weighted by Crippen LogP contribution is -2.41. The van der Waals surface area contributed by atoms with E-state index in [1.807, 2.05) is 30.3 Å². The first-order chi connectivity index (χ1) is 11.7. The Morgan fingerprint density at radius 2 is 1.71 bits per heavy atom. The first-order valence-electron chi connectivity index (χ1n) is 7.80. The second-order valence-electron chi connectivity index (χ2n) is 5.42. The van der Waals surface area contributed by atoms with E-state index in [1.54, 1.807) is 24.3 Å². The third-order valence-corrected chi connectivity index (χ3v) is 3.61. The molecule has 0 fully saturated rings. The van der Waals surface area contributed by atoms with E-state index in [0.29, 0.717) is 24.8 Å². The molecule has 0 aliphatic rings. The van der Waals surface area contributed by atoms with Crippen molar-refractivity contribution in [3.05, 3.63) is 66.0 Å². The zero-order valence-electron chi connectivity index (χ0n) is 13.1. The van der Waals surface area contributed by atoms with Crippen molar-refractivity contribution in [1.82, 2.24) is 20.8 Å². The largest absolute Gasteiger partial charge is 0.342 e. The van der Waals surface area contributed by atoms with Crippen LogP contribution in [0.1, 0.15) is 29.0 Å². The molecule has 0 aliphatic heterocycles. The van der Waals surface area contributed by atoms with Crippen molar-refractivity contribution >= 4 is 22.8 Å². The number of benzene rings is 2. The summed E-state index contributed by atoms with van der Waals surface area (Å²) < 4.78 is 0. The Morgan fingerprint density at radius 3 is 2.50 bits per heavy atom. The molecule has 3 aromatic rings. The van der Waals surface area contributed by atoms with Gasteiger partial charge in [-0.05, 0) is 30.7 Å².